The van der Waals surface area contributed by atoms with E-state index in [2.05, 4.69) is 5.32 Å². The second kappa shape index (κ2) is 6.89. The second-order valence-electron chi connectivity index (χ2n) is 6.34. The highest BCUT2D eigenvalue weighted by Crippen LogP contribution is 2.22. The molecule has 5 nitrogen and oxygen atoms in total. The number of amides is 1. The van der Waals surface area contributed by atoms with Crippen molar-refractivity contribution in [3.05, 3.63) is 0 Å². The van der Waals surface area contributed by atoms with E-state index in [0.717, 1.165) is 45.3 Å². The fourth-order valence-corrected chi connectivity index (χ4v) is 4.45. The van der Waals surface area contributed by atoms with Crippen LogP contribution in [0.4, 0.5) is 0 Å². The number of hydrogen-bond acceptors (Lipinski definition) is 4. The van der Waals surface area contributed by atoms with Crippen LogP contribution in [-0.4, -0.2) is 57.4 Å². The van der Waals surface area contributed by atoms with E-state index >= 15 is 0 Å². The molecule has 0 bridgehead atoms. The van der Waals surface area contributed by atoms with Crippen LogP contribution in [0.2, 0.25) is 0 Å². The number of rotatable bonds is 4. The predicted octanol–water partition coefficient (Wildman–Crippen LogP) is 0.659. The lowest BCUT2D eigenvalue weighted by Gasteiger charge is -2.34. The summed E-state index contributed by atoms with van der Waals surface area (Å²) in [5.74, 6) is 1.05. The molecule has 0 spiro atoms. The lowest BCUT2D eigenvalue weighted by Crippen LogP contribution is -2.43. The summed E-state index contributed by atoms with van der Waals surface area (Å²) in [5.41, 5.74) is 0. The van der Waals surface area contributed by atoms with Crippen molar-refractivity contribution in [2.24, 2.45) is 11.8 Å². The normalized spacial score (nSPS) is 25.6. The summed E-state index contributed by atoms with van der Waals surface area (Å²) in [4.78, 5) is 14.2. The van der Waals surface area contributed by atoms with Crippen LogP contribution in [0.1, 0.15) is 32.1 Å². The molecular formula is C14H26N2O3S. The smallest absolute Gasteiger partial charge is 0.222 e. The fourth-order valence-electron chi connectivity index (χ4n) is 3.32. The van der Waals surface area contributed by atoms with Gasteiger partial charge in [-0.05, 0) is 50.6 Å². The third-order valence-corrected chi connectivity index (χ3v) is 5.41. The summed E-state index contributed by atoms with van der Waals surface area (Å²) < 4.78 is 22.8. The van der Waals surface area contributed by atoms with Crippen LogP contribution in [0.25, 0.3) is 0 Å². The van der Waals surface area contributed by atoms with Crippen molar-refractivity contribution in [3.8, 4) is 0 Å². The van der Waals surface area contributed by atoms with Crippen LogP contribution in [0, 0.1) is 11.8 Å². The first kappa shape index (κ1) is 15.8. The lowest BCUT2D eigenvalue weighted by molar-refractivity contribution is -0.134. The van der Waals surface area contributed by atoms with Crippen molar-refractivity contribution in [2.45, 2.75) is 32.1 Å². The van der Waals surface area contributed by atoms with Gasteiger partial charge < -0.3 is 10.2 Å². The first-order chi connectivity index (χ1) is 9.44. The molecule has 0 aromatic carbocycles. The molecular weight excluding hydrogens is 276 g/mol. The number of nitrogens with zero attached hydrogens (tertiary/aromatic N) is 1. The largest absolute Gasteiger partial charge is 0.342 e. The molecule has 0 radical (unpaired) electrons. The first-order valence-electron chi connectivity index (χ1n) is 7.60. The monoisotopic (exact) mass is 302 g/mol. The van der Waals surface area contributed by atoms with E-state index < -0.39 is 9.84 Å². The van der Waals surface area contributed by atoms with Gasteiger partial charge in [-0.2, -0.15) is 0 Å². The van der Waals surface area contributed by atoms with Crippen molar-refractivity contribution in [3.63, 3.8) is 0 Å². The van der Waals surface area contributed by atoms with Gasteiger partial charge in [0.05, 0.1) is 5.75 Å². The zero-order valence-corrected chi connectivity index (χ0v) is 13.1. The maximum atomic E-state index is 12.3. The van der Waals surface area contributed by atoms with Crippen LogP contribution < -0.4 is 5.32 Å². The zero-order valence-electron chi connectivity index (χ0n) is 12.3. The highest BCUT2D eigenvalue weighted by molar-refractivity contribution is 7.90. The molecule has 116 valence electrons. The van der Waals surface area contributed by atoms with Crippen LogP contribution in [0.3, 0.4) is 0 Å². The molecule has 2 aliphatic heterocycles. The predicted molar refractivity (Wildman–Crippen MR) is 79.2 cm³/mol. The molecule has 20 heavy (non-hydrogen) atoms. The highest BCUT2D eigenvalue weighted by Gasteiger charge is 2.27. The van der Waals surface area contributed by atoms with Crippen molar-refractivity contribution in [1.29, 1.82) is 0 Å². The van der Waals surface area contributed by atoms with Crippen molar-refractivity contribution in [1.82, 2.24) is 10.2 Å². The lowest BCUT2D eigenvalue weighted by atomic mass is 9.93. The Morgan fingerprint density at radius 2 is 1.90 bits per heavy atom. The van der Waals surface area contributed by atoms with E-state index in [1.165, 1.54) is 6.26 Å². The van der Waals surface area contributed by atoms with Crippen LogP contribution in [0.15, 0.2) is 0 Å². The summed E-state index contributed by atoms with van der Waals surface area (Å²) in [7, 11) is -2.95. The van der Waals surface area contributed by atoms with E-state index in [1.54, 1.807) is 0 Å². The molecule has 0 aromatic rings. The Balaban J connectivity index is 1.83. The summed E-state index contributed by atoms with van der Waals surface area (Å²) in [6.45, 7) is 3.43. The number of hydrogen-bond donors (Lipinski definition) is 1. The molecule has 2 saturated heterocycles. The molecule has 6 heteroatoms. The van der Waals surface area contributed by atoms with Crippen molar-refractivity contribution < 1.29 is 13.2 Å². The third kappa shape index (κ3) is 5.05. The van der Waals surface area contributed by atoms with Gasteiger partial charge in [0.1, 0.15) is 9.84 Å². The maximum absolute atomic E-state index is 12.3. The van der Waals surface area contributed by atoms with Gasteiger partial charge in [0.15, 0.2) is 0 Å². The summed E-state index contributed by atoms with van der Waals surface area (Å²) in [6.07, 6.45) is 5.91. The van der Waals surface area contributed by atoms with E-state index in [0.29, 0.717) is 18.9 Å². The molecule has 2 heterocycles. The van der Waals surface area contributed by atoms with Gasteiger partial charge in [0.2, 0.25) is 5.91 Å². The zero-order chi connectivity index (χ0) is 14.6. The number of piperidine rings is 2. The standard InChI is InChI=1S/C14H26N2O3S/c1-20(18,19)11-13-3-2-8-16(10-13)14(17)9-12-4-6-15-7-5-12/h12-13,15H,2-11H2,1H3/t13-/m1/s1. The van der Waals surface area contributed by atoms with E-state index in [-0.39, 0.29) is 17.6 Å². The van der Waals surface area contributed by atoms with E-state index in [9.17, 15) is 13.2 Å². The van der Waals surface area contributed by atoms with Gasteiger partial charge in [-0.1, -0.05) is 0 Å². The number of carbonyl (C=O) groups excluding carboxylic acids is 1. The molecule has 1 atom stereocenters. The Bertz CT molecular complexity index is 430. The average molecular weight is 302 g/mol. The minimum atomic E-state index is -2.95. The average Bonchev–Trinajstić information content (AvgIpc) is 2.38. The topological polar surface area (TPSA) is 66.5 Å². The molecule has 2 fully saturated rings. The number of sulfone groups is 1. The van der Waals surface area contributed by atoms with Crippen LogP contribution in [0.5, 0.6) is 0 Å². The van der Waals surface area contributed by atoms with Gasteiger partial charge >= 0.3 is 0 Å². The van der Waals surface area contributed by atoms with Crippen molar-refractivity contribution >= 4 is 15.7 Å². The SMILES string of the molecule is CS(=O)(=O)C[C@@H]1CCCN(C(=O)CC2CCNCC2)C1. The Hall–Kier alpha value is -0.620. The Morgan fingerprint density at radius 1 is 1.20 bits per heavy atom. The first-order valence-corrected chi connectivity index (χ1v) is 9.66. The van der Waals surface area contributed by atoms with Crippen LogP contribution in [-0.2, 0) is 14.6 Å². The minimum absolute atomic E-state index is 0.121. The summed E-state index contributed by atoms with van der Waals surface area (Å²) in [6, 6.07) is 0. The molecule has 2 rings (SSSR count). The Labute approximate surface area is 122 Å². The molecule has 2 aliphatic rings. The van der Waals surface area contributed by atoms with Gasteiger partial charge in [0, 0.05) is 25.8 Å². The molecule has 0 unspecified atom stereocenters. The van der Waals surface area contributed by atoms with Gasteiger partial charge in [-0.15, -0.1) is 0 Å². The maximum Gasteiger partial charge on any atom is 0.222 e. The second-order valence-corrected chi connectivity index (χ2v) is 8.52. The van der Waals surface area contributed by atoms with Gasteiger partial charge in [-0.25, -0.2) is 8.42 Å². The summed E-state index contributed by atoms with van der Waals surface area (Å²) in [5, 5.41) is 3.31. The molecule has 0 aliphatic carbocycles. The Kier molecular flexibility index (Phi) is 5.43. The molecule has 1 N–H and O–H groups in total. The van der Waals surface area contributed by atoms with E-state index in [4.69, 9.17) is 0 Å². The molecule has 0 saturated carbocycles. The highest BCUT2D eigenvalue weighted by atomic mass is 32.2. The van der Waals surface area contributed by atoms with Crippen molar-refractivity contribution in [2.75, 3.05) is 38.2 Å². The van der Waals surface area contributed by atoms with Gasteiger partial charge in [0.25, 0.3) is 0 Å². The van der Waals surface area contributed by atoms with Gasteiger partial charge in [-0.3, -0.25) is 4.79 Å². The quantitative estimate of drug-likeness (QED) is 0.828. The Morgan fingerprint density at radius 3 is 2.55 bits per heavy atom. The minimum Gasteiger partial charge on any atom is -0.342 e. The summed E-state index contributed by atoms with van der Waals surface area (Å²) >= 11 is 0. The molecule has 1 amide bonds. The number of carbonyl (C=O) groups is 1. The number of likely N-dealkylation sites (tertiary alicyclic amines) is 1. The van der Waals surface area contributed by atoms with E-state index in [1.807, 2.05) is 4.90 Å². The van der Waals surface area contributed by atoms with Crippen LogP contribution >= 0.6 is 0 Å². The molecule has 0 aromatic heterocycles. The number of nitrogens with one attached hydrogen (secondary N) is 1. The fraction of sp³-hybridized carbons (Fsp3) is 0.929. The third-order valence-electron chi connectivity index (χ3n) is 4.33.